The summed E-state index contributed by atoms with van der Waals surface area (Å²) in [5.74, 6) is -0.707. The number of carbonyl (C=O) groups excluding carboxylic acids is 2. The summed E-state index contributed by atoms with van der Waals surface area (Å²) in [6.45, 7) is 1.43. The van der Waals surface area contributed by atoms with Gasteiger partial charge >= 0.3 is 0 Å². The van der Waals surface area contributed by atoms with Crippen LogP contribution in [-0.2, 0) is 6.54 Å². The van der Waals surface area contributed by atoms with Crippen molar-refractivity contribution < 1.29 is 14.7 Å². The first-order chi connectivity index (χ1) is 18.0. The quantitative estimate of drug-likeness (QED) is 0.390. The molecule has 0 saturated carbocycles. The third-order valence-corrected chi connectivity index (χ3v) is 6.51. The molecule has 0 aliphatic carbocycles. The van der Waals surface area contributed by atoms with Crippen molar-refractivity contribution in [1.82, 2.24) is 14.5 Å². The van der Waals surface area contributed by atoms with Crippen molar-refractivity contribution in [3.05, 3.63) is 107 Å². The molecular formula is C29H27N5O3. The highest BCUT2D eigenvalue weighted by Gasteiger charge is 2.31. The molecule has 4 aromatic rings. The molecule has 0 saturated heterocycles. The standard InChI is InChI=1S/C29H27N5O3/c1-33(13-14-35)17-22-5-2-3-8-24(22)19-9-11-20(12-10-19)26-28(36)27-25(16-31-26)32-18-34(27)23-7-4-6-21(15-23)29(30)37/h2-12,15-16,18,26,35H,13-14,17H2,1H3,(H2,30,37). The molecule has 5 rings (SSSR count). The number of amides is 1. The van der Waals surface area contributed by atoms with Crippen LogP contribution in [-0.4, -0.2) is 57.7 Å². The molecule has 0 fully saturated rings. The van der Waals surface area contributed by atoms with Gasteiger partial charge in [0, 0.05) is 24.3 Å². The average molecular weight is 494 g/mol. The number of rotatable bonds is 8. The van der Waals surface area contributed by atoms with Crippen molar-refractivity contribution in [2.24, 2.45) is 10.7 Å². The maximum atomic E-state index is 13.6. The lowest BCUT2D eigenvalue weighted by Crippen LogP contribution is -2.21. The fraction of sp³-hybridized carbons (Fsp3) is 0.172. The van der Waals surface area contributed by atoms with Gasteiger partial charge in [0.25, 0.3) is 0 Å². The summed E-state index contributed by atoms with van der Waals surface area (Å²) in [7, 11) is 1.98. The number of aliphatic hydroxyl groups is 1. The van der Waals surface area contributed by atoms with Crippen molar-refractivity contribution in [2.75, 3.05) is 20.2 Å². The number of hydrogen-bond acceptors (Lipinski definition) is 6. The van der Waals surface area contributed by atoms with Crippen LogP contribution >= 0.6 is 0 Å². The van der Waals surface area contributed by atoms with E-state index < -0.39 is 11.9 Å². The maximum absolute atomic E-state index is 13.6. The molecule has 186 valence electrons. The van der Waals surface area contributed by atoms with Gasteiger partial charge in [0.1, 0.15) is 23.8 Å². The fourth-order valence-electron chi connectivity index (χ4n) is 4.61. The Labute approximate surface area is 214 Å². The largest absolute Gasteiger partial charge is 0.395 e. The van der Waals surface area contributed by atoms with Crippen molar-refractivity contribution in [3.63, 3.8) is 0 Å². The minimum absolute atomic E-state index is 0.112. The van der Waals surface area contributed by atoms with Gasteiger partial charge in [-0.1, -0.05) is 54.6 Å². The zero-order chi connectivity index (χ0) is 25.9. The van der Waals surface area contributed by atoms with Gasteiger partial charge in [-0.25, -0.2) is 4.98 Å². The number of nitrogens with zero attached hydrogens (tertiary/aromatic N) is 4. The zero-order valence-corrected chi connectivity index (χ0v) is 20.4. The molecule has 0 radical (unpaired) electrons. The van der Waals surface area contributed by atoms with Gasteiger partial charge in [0.2, 0.25) is 11.7 Å². The summed E-state index contributed by atoms with van der Waals surface area (Å²) >= 11 is 0. The molecule has 1 aromatic heterocycles. The third-order valence-electron chi connectivity index (χ3n) is 6.51. The molecule has 8 heteroatoms. The number of fused-ring (bicyclic) bond motifs is 1. The number of carbonyl (C=O) groups is 2. The second-order valence-electron chi connectivity index (χ2n) is 9.05. The van der Waals surface area contributed by atoms with Gasteiger partial charge in [0.15, 0.2) is 0 Å². The van der Waals surface area contributed by atoms with E-state index in [1.54, 1.807) is 41.4 Å². The van der Waals surface area contributed by atoms with E-state index in [0.29, 0.717) is 35.7 Å². The highest BCUT2D eigenvalue weighted by Crippen LogP contribution is 2.31. The molecule has 1 amide bonds. The number of aromatic nitrogens is 2. The van der Waals surface area contributed by atoms with Crippen LogP contribution in [0.4, 0.5) is 0 Å². The number of primary amides is 1. The van der Waals surface area contributed by atoms with Crippen LogP contribution < -0.4 is 5.73 Å². The number of Topliss-reactive ketones (excluding diaryl/α,β-unsaturated/α-hetero) is 1. The summed E-state index contributed by atoms with van der Waals surface area (Å²) in [5.41, 5.74) is 11.4. The Hall–Kier alpha value is -4.40. The Bertz CT molecular complexity index is 1490. The van der Waals surface area contributed by atoms with Crippen molar-refractivity contribution >= 4 is 17.9 Å². The van der Waals surface area contributed by atoms with E-state index in [1.807, 2.05) is 43.4 Å². The van der Waals surface area contributed by atoms with E-state index >= 15 is 0 Å². The van der Waals surface area contributed by atoms with Crippen molar-refractivity contribution in [1.29, 1.82) is 0 Å². The maximum Gasteiger partial charge on any atom is 0.248 e. The number of ketones is 1. The molecule has 1 aliphatic rings. The van der Waals surface area contributed by atoms with Crippen LogP contribution in [0.3, 0.4) is 0 Å². The summed E-state index contributed by atoms with van der Waals surface area (Å²) in [6, 6.07) is 22.2. The second kappa shape index (κ2) is 10.3. The van der Waals surface area contributed by atoms with Crippen LogP contribution in [0.15, 0.2) is 84.1 Å². The van der Waals surface area contributed by atoms with Gasteiger partial charge < -0.3 is 10.8 Å². The number of imidazole rings is 1. The molecule has 0 spiro atoms. The van der Waals surface area contributed by atoms with Gasteiger partial charge in [-0.2, -0.15) is 0 Å². The van der Waals surface area contributed by atoms with Gasteiger partial charge in [0.05, 0.1) is 12.8 Å². The van der Waals surface area contributed by atoms with E-state index in [2.05, 4.69) is 27.0 Å². The second-order valence-corrected chi connectivity index (χ2v) is 9.05. The molecule has 3 N–H and O–H groups in total. The van der Waals surface area contributed by atoms with E-state index in [4.69, 9.17) is 5.73 Å². The van der Waals surface area contributed by atoms with Crippen LogP contribution in [0.25, 0.3) is 16.8 Å². The number of nitrogens with two attached hydrogens (primary N) is 1. The number of hydrogen-bond donors (Lipinski definition) is 2. The molecule has 1 unspecified atom stereocenters. The summed E-state index contributed by atoms with van der Waals surface area (Å²) in [6.07, 6.45) is 3.18. The molecule has 0 bridgehead atoms. The topological polar surface area (TPSA) is 114 Å². The monoisotopic (exact) mass is 493 g/mol. The Morgan fingerprint density at radius 2 is 1.86 bits per heavy atom. The fourth-order valence-corrected chi connectivity index (χ4v) is 4.61. The van der Waals surface area contributed by atoms with Crippen LogP contribution in [0.5, 0.6) is 0 Å². The molecular weight excluding hydrogens is 466 g/mol. The zero-order valence-electron chi connectivity index (χ0n) is 20.4. The minimum atomic E-state index is -0.692. The first-order valence-corrected chi connectivity index (χ1v) is 12.0. The van der Waals surface area contributed by atoms with E-state index in [1.165, 1.54) is 0 Å². The van der Waals surface area contributed by atoms with Crippen LogP contribution in [0, 0.1) is 0 Å². The van der Waals surface area contributed by atoms with Crippen molar-refractivity contribution in [3.8, 4) is 16.8 Å². The predicted molar refractivity (Wildman–Crippen MR) is 142 cm³/mol. The van der Waals surface area contributed by atoms with Gasteiger partial charge in [-0.05, 0) is 47.5 Å². The number of benzene rings is 3. The number of aliphatic imine (C=N–C) groups is 1. The Balaban J connectivity index is 1.43. The Morgan fingerprint density at radius 3 is 2.62 bits per heavy atom. The third kappa shape index (κ3) is 4.84. The molecule has 37 heavy (non-hydrogen) atoms. The van der Waals surface area contributed by atoms with E-state index in [-0.39, 0.29) is 12.4 Å². The van der Waals surface area contributed by atoms with Crippen molar-refractivity contribution in [2.45, 2.75) is 12.6 Å². The lowest BCUT2D eigenvalue weighted by atomic mass is 9.94. The first kappa shape index (κ1) is 24.3. The predicted octanol–water partition coefficient (Wildman–Crippen LogP) is 3.42. The lowest BCUT2D eigenvalue weighted by molar-refractivity contribution is 0.0952. The van der Waals surface area contributed by atoms with Crippen LogP contribution in [0.1, 0.15) is 43.7 Å². The summed E-state index contributed by atoms with van der Waals surface area (Å²) < 4.78 is 1.68. The Morgan fingerprint density at radius 1 is 1.08 bits per heavy atom. The highest BCUT2D eigenvalue weighted by molar-refractivity contribution is 6.08. The average Bonchev–Trinajstić information content (AvgIpc) is 3.35. The van der Waals surface area contributed by atoms with Gasteiger partial charge in [-0.15, -0.1) is 0 Å². The normalized spacial score (nSPS) is 14.7. The van der Waals surface area contributed by atoms with Gasteiger partial charge in [-0.3, -0.25) is 24.0 Å². The summed E-state index contributed by atoms with van der Waals surface area (Å²) in [5, 5.41) is 9.24. The molecule has 2 heterocycles. The molecule has 1 aliphatic heterocycles. The first-order valence-electron chi connectivity index (χ1n) is 12.0. The molecule has 8 nitrogen and oxygen atoms in total. The van der Waals surface area contributed by atoms with E-state index in [9.17, 15) is 14.7 Å². The summed E-state index contributed by atoms with van der Waals surface area (Å²) in [4.78, 5) is 36.1. The lowest BCUT2D eigenvalue weighted by Gasteiger charge is -2.19. The molecule has 1 atom stereocenters. The Kier molecular flexibility index (Phi) is 6.76. The minimum Gasteiger partial charge on any atom is -0.395 e. The van der Waals surface area contributed by atoms with E-state index in [0.717, 1.165) is 22.3 Å². The number of aliphatic hydroxyl groups excluding tert-OH is 1. The molecule has 3 aromatic carbocycles. The number of likely N-dealkylation sites (N-methyl/N-ethyl adjacent to an activating group) is 1. The van der Waals surface area contributed by atoms with Crippen LogP contribution in [0.2, 0.25) is 0 Å². The SMILES string of the molecule is CN(CCO)Cc1ccccc1-c1ccc(C2N=Cc3ncn(-c4cccc(C(N)=O)c4)c3C2=O)cc1. The smallest absolute Gasteiger partial charge is 0.248 e. The highest BCUT2D eigenvalue weighted by atomic mass is 16.3.